The Balaban J connectivity index is 2.69. The van der Waals surface area contributed by atoms with E-state index in [1.54, 1.807) is 25.4 Å². The summed E-state index contributed by atoms with van der Waals surface area (Å²) < 4.78 is 1.53. The van der Waals surface area contributed by atoms with E-state index < -0.39 is 0 Å². The Kier molecular flexibility index (Phi) is 2.84. The van der Waals surface area contributed by atoms with Crippen molar-refractivity contribution in [2.45, 2.75) is 13.0 Å². The van der Waals surface area contributed by atoms with Crippen LogP contribution in [0.4, 0.5) is 0 Å². The summed E-state index contributed by atoms with van der Waals surface area (Å²) in [6.07, 6.45) is 3.27. The van der Waals surface area contributed by atoms with E-state index >= 15 is 0 Å². The van der Waals surface area contributed by atoms with Gasteiger partial charge >= 0.3 is 0 Å². The molecule has 1 amide bonds. The number of nitrogens with zero attached hydrogens (tertiary/aromatic N) is 2. The van der Waals surface area contributed by atoms with Crippen LogP contribution < -0.4 is 5.32 Å². The summed E-state index contributed by atoms with van der Waals surface area (Å²) in [5.74, 6) is -0.132. The van der Waals surface area contributed by atoms with Gasteiger partial charge in [-0.1, -0.05) is 6.08 Å². The van der Waals surface area contributed by atoms with Crippen LogP contribution in [0.15, 0.2) is 24.9 Å². The van der Waals surface area contributed by atoms with Crippen molar-refractivity contribution in [2.75, 3.05) is 0 Å². The van der Waals surface area contributed by atoms with Gasteiger partial charge in [0.25, 0.3) is 5.91 Å². The fourth-order valence-corrected chi connectivity index (χ4v) is 0.936. The molecule has 0 aliphatic carbocycles. The first-order valence-electron chi connectivity index (χ1n) is 4.06. The number of rotatable bonds is 3. The molecule has 70 valence electrons. The minimum Gasteiger partial charge on any atom is -0.345 e. The van der Waals surface area contributed by atoms with Gasteiger partial charge in [0.2, 0.25) is 0 Å². The van der Waals surface area contributed by atoms with E-state index in [4.69, 9.17) is 0 Å². The van der Waals surface area contributed by atoms with Crippen LogP contribution >= 0.6 is 0 Å². The first kappa shape index (κ1) is 9.51. The first-order chi connectivity index (χ1) is 6.15. The number of amides is 1. The van der Waals surface area contributed by atoms with Crippen molar-refractivity contribution in [3.05, 3.63) is 30.6 Å². The molecule has 0 aliphatic rings. The third-order valence-electron chi connectivity index (χ3n) is 1.77. The molecule has 1 heterocycles. The quantitative estimate of drug-likeness (QED) is 0.695. The van der Waals surface area contributed by atoms with E-state index in [0.717, 1.165) is 0 Å². The summed E-state index contributed by atoms with van der Waals surface area (Å²) in [5, 5.41) is 6.66. The second-order valence-electron chi connectivity index (χ2n) is 2.84. The number of hydrogen-bond acceptors (Lipinski definition) is 2. The van der Waals surface area contributed by atoms with Crippen LogP contribution in [0.3, 0.4) is 0 Å². The van der Waals surface area contributed by atoms with Crippen molar-refractivity contribution in [3.63, 3.8) is 0 Å². The highest BCUT2D eigenvalue weighted by molar-refractivity contribution is 5.92. The maximum Gasteiger partial charge on any atom is 0.269 e. The highest BCUT2D eigenvalue weighted by Crippen LogP contribution is 1.96. The Bertz CT molecular complexity index is 316. The van der Waals surface area contributed by atoms with Crippen molar-refractivity contribution in [1.82, 2.24) is 15.1 Å². The summed E-state index contributed by atoms with van der Waals surface area (Å²) in [6.45, 7) is 5.44. The molecule has 13 heavy (non-hydrogen) atoms. The third kappa shape index (κ3) is 2.18. The van der Waals surface area contributed by atoms with Gasteiger partial charge in [-0.05, 0) is 13.0 Å². The molecule has 4 heteroatoms. The molecule has 0 aromatic carbocycles. The first-order valence-corrected chi connectivity index (χ1v) is 4.06. The third-order valence-corrected chi connectivity index (χ3v) is 1.77. The van der Waals surface area contributed by atoms with Crippen LogP contribution in [0.5, 0.6) is 0 Å². The Labute approximate surface area is 77.3 Å². The monoisotopic (exact) mass is 179 g/mol. The maximum absolute atomic E-state index is 11.5. The van der Waals surface area contributed by atoms with E-state index in [1.165, 1.54) is 4.68 Å². The topological polar surface area (TPSA) is 46.9 Å². The zero-order valence-corrected chi connectivity index (χ0v) is 7.82. The molecule has 1 unspecified atom stereocenters. The van der Waals surface area contributed by atoms with Crippen LogP contribution in [-0.4, -0.2) is 21.7 Å². The number of hydrogen-bond donors (Lipinski definition) is 1. The van der Waals surface area contributed by atoms with Crippen LogP contribution in [0.25, 0.3) is 0 Å². The number of aromatic nitrogens is 2. The summed E-state index contributed by atoms with van der Waals surface area (Å²) in [6, 6.07) is 1.65. The largest absolute Gasteiger partial charge is 0.345 e. The predicted molar refractivity (Wildman–Crippen MR) is 50.3 cm³/mol. The Hall–Kier alpha value is -1.58. The SMILES string of the molecule is C=CC(C)NC(=O)c1ccnn1C. The zero-order valence-electron chi connectivity index (χ0n) is 7.82. The van der Waals surface area contributed by atoms with Gasteiger partial charge in [-0.3, -0.25) is 9.48 Å². The molecule has 0 aliphatic heterocycles. The second kappa shape index (κ2) is 3.89. The second-order valence-corrected chi connectivity index (χ2v) is 2.84. The minimum absolute atomic E-state index is 0.0256. The van der Waals surface area contributed by atoms with Gasteiger partial charge in [0.1, 0.15) is 5.69 Å². The summed E-state index contributed by atoms with van der Waals surface area (Å²) >= 11 is 0. The lowest BCUT2D eigenvalue weighted by atomic mass is 10.3. The van der Waals surface area contributed by atoms with Gasteiger partial charge < -0.3 is 5.32 Å². The van der Waals surface area contributed by atoms with Crippen molar-refractivity contribution < 1.29 is 4.79 Å². The minimum atomic E-state index is -0.132. The molecule has 1 aromatic rings. The highest BCUT2D eigenvalue weighted by Gasteiger charge is 2.10. The molecule has 1 atom stereocenters. The molecule has 4 nitrogen and oxygen atoms in total. The fourth-order valence-electron chi connectivity index (χ4n) is 0.936. The lowest BCUT2D eigenvalue weighted by Gasteiger charge is -2.08. The molecular formula is C9H13N3O. The predicted octanol–water partition coefficient (Wildman–Crippen LogP) is 0.724. The molecule has 0 spiro atoms. The Morgan fingerprint density at radius 1 is 1.85 bits per heavy atom. The van der Waals surface area contributed by atoms with Crippen molar-refractivity contribution in [3.8, 4) is 0 Å². The van der Waals surface area contributed by atoms with Gasteiger partial charge in [0, 0.05) is 19.3 Å². The molecule has 0 bridgehead atoms. The van der Waals surface area contributed by atoms with E-state index in [2.05, 4.69) is 17.0 Å². The summed E-state index contributed by atoms with van der Waals surface area (Å²) in [4.78, 5) is 11.5. The van der Waals surface area contributed by atoms with Gasteiger partial charge in [-0.25, -0.2) is 0 Å². The van der Waals surface area contributed by atoms with Gasteiger partial charge in [0.15, 0.2) is 0 Å². The fraction of sp³-hybridized carbons (Fsp3) is 0.333. The zero-order chi connectivity index (χ0) is 9.84. The standard InChI is InChI=1S/C9H13N3O/c1-4-7(2)11-9(13)8-5-6-10-12(8)3/h4-7H,1H2,2-3H3,(H,11,13). The number of carbonyl (C=O) groups excluding carboxylic acids is 1. The van der Waals surface area contributed by atoms with Crippen LogP contribution in [-0.2, 0) is 7.05 Å². The van der Waals surface area contributed by atoms with Gasteiger partial charge in [-0.15, -0.1) is 6.58 Å². The summed E-state index contributed by atoms with van der Waals surface area (Å²) in [5.41, 5.74) is 0.550. The van der Waals surface area contributed by atoms with Crippen molar-refractivity contribution in [1.29, 1.82) is 0 Å². The maximum atomic E-state index is 11.5. The lowest BCUT2D eigenvalue weighted by Crippen LogP contribution is -2.32. The van der Waals surface area contributed by atoms with Crippen molar-refractivity contribution in [2.24, 2.45) is 7.05 Å². The molecule has 1 N–H and O–H groups in total. The smallest absolute Gasteiger partial charge is 0.269 e. The number of nitrogens with one attached hydrogen (secondary N) is 1. The average molecular weight is 179 g/mol. The van der Waals surface area contributed by atoms with Crippen LogP contribution in [0.1, 0.15) is 17.4 Å². The van der Waals surface area contributed by atoms with E-state index in [9.17, 15) is 4.79 Å². The van der Waals surface area contributed by atoms with E-state index in [0.29, 0.717) is 5.69 Å². The van der Waals surface area contributed by atoms with E-state index in [-0.39, 0.29) is 11.9 Å². The normalized spacial score (nSPS) is 12.2. The lowest BCUT2D eigenvalue weighted by molar-refractivity contribution is 0.0937. The molecule has 0 saturated carbocycles. The van der Waals surface area contributed by atoms with Crippen LogP contribution in [0, 0.1) is 0 Å². The molecule has 0 radical (unpaired) electrons. The molecule has 1 rings (SSSR count). The van der Waals surface area contributed by atoms with Gasteiger partial charge in [0.05, 0.1) is 0 Å². The molecule has 0 saturated heterocycles. The van der Waals surface area contributed by atoms with E-state index in [1.807, 2.05) is 6.92 Å². The number of aryl methyl sites for hydroxylation is 1. The van der Waals surface area contributed by atoms with Gasteiger partial charge in [-0.2, -0.15) is 5.10 Å². The molecule has 1 aromatic heterocycles. The van der Waals surface area contributed by atoms with Crippen LogP contribution in [0.2, 0.25) is 0 Å². The number of carbonyl (C=O) groups is 1. The Morgan fingerprint density at radius 3 is 3.00 bits per heavy atom. The van der Waals surface area contributed by atoms with Crippen molar-refractivity contribution >= 4 is 5.91 Å². The summed E-state index contributed by atoms with van der Waals surface area (Å²) in [7, 11) is 1.73. The average Bonchev–Trinajstić information content (AvgIpc) is 2.51. The highest BCUT2D eigenvalue weighted by atomic mass is 16.2. The Morgan fingerprint density at radius 2 is 2.54 bits per heavy atom. The molecular weight excluding hydrogens is 166 g/mol. The molecule has 0 fully saturated rings.